The molecule has 0 aliphatic carbocycles. The van der Waals surface area contributed by atoms with Crippen molar-refractivity contribution in [1.29, 1.82) is 0 Å². The van der Waals surface area contributed by atoms with Gasteiger partial charge in [0.1, 0.15) is 24.4 Å². The highest BCUT2D eigenvalue weighted by atomic mass is 16.6. The summed E-state index contributed by atoms with van der Waals surface area (Å²) in [5.74, 6) is 0.277. The van der Waals surface area contributed by atoms with E-state index in [2.05, 4.69) is 40.7 Å². The summed E-state index contributed by atoms with van der Waals surface area (Å²) in [5.41, 5.74) is 1.26. The lowest BCUT2D eigenvalue weighted by atomic mass is 9.84. The highest BCUT2D eigenvalue weighted by Gasteiger charge is 2.44. The highest BCUT2D eigenvalue weighted by molar-refractivity contribution is 5.86. The lowest BCUT2D eigenvalue weighted by molar-refractivity contribution is -0.197. The van der Waals surface area contributed by atoms with Crippen molar-refractivity contribution in [2.24, 2.45) is 23.7 Å². The van der Waals surface area contributed by atoms with E-state index in [-0.39, 0.29) is 60.5 Å². The topological polar surface area (TPSA) is 94.5 Å². The molecule has 1 N–H and O–H groups in total. The second-order valence-corrected chi connectivity index (χ2v) is 13.6. The Bertz CT molecular complexity index is 893. The molecular weight excluding hydrogens is 534 g/mol. The summed E-state index contributed by atoms with van der Waals surface area (Å²) in [6.45, 7) is 13.4. The molecule has 3 heterocycles. The van der Waals surface area contributed by atoms with E-state index in [1.165, 1.54) is 5.57 Å². The maximum Gasteiger partial charge on any atom is 0.323 e. The number of nitrogens with zero attached hydrogens (tertiary/aromatic N) is 1. The normalized spacial score (nSPS) is 40.8. The lowest BCUT2D eigenvalue weighted by Gasteiger charge is -2.43. The quantitative estimate of drug-likeness (QED) is 0.346. The van der Waals surface area contributed by atoms with Crippen LogP contribution in [0.25, 0.3) is 0 Å². The number of cyclic esters (lactones) is 1. The Hall–Kier alpha value is -1.32. The van der Waals surface area contributed by atoms with Gasteiger partial charge in [-0.3, -0.25) is 14.5 Å². The number of hydrogen-bond donors (Lipinski definition) is 1. The molecule has 8 nitrogen and oxygen atoms in total. The van der Waals surface area contributed by atoms with Crippen molar-refractivity contribution in [2.75, 3.05) is 27.3 Å². The standard InChI is InChI=1S/C34H59NO7/c1-9-26-17-21(2)16-22(3)18-30(39-7)33-31(40-8)19-24(5)32(42-33)29(37)20-35-15-11-10-12-27(35)34(38)41-25(6)23(4)13-14-28(26)36/h17,22-28,30-33,36H,9-16,18-20H2,1-8H3. The van der Waals surface area contributed by atoms with E-state index in [1.54, 1.807) is 14.2 Å². The van der Waals surface area contributed by atoms with Crippen LogP contribution in [0.2, 0.25) is 0 Å². The van der Waals surface area contributed by atoms with Gasteiger partial charge < -0.3 is 24.1 Å². The number of Topliss-reactive ketones (excluding diaryl/α,β-unsaturated/α-hetero) is 1. The second kappa shape index (κ2) is 16.7. The molecule has 8 heteroatoms. The smallest absolute Gasteiger partial charge is 0.323 e. The van der Waals surface area contributed by atoms with E-state index in [9.17, 15) is 14.7 Å². The Kier molecular flexibility index (Phi) is 14.0. The van der Waals surface area contributed by atoms with Crippen molar-refractivity contribution < 1.29 is 33.6 Å². The molecule has 2 saturated heterocycles. The summed E-state index contributed by atoms with van der Waals surface area (Å²) >= 11 is 0. The number of ketones is 1. The summed E-state index contributed by atoms with van der Waals surface area (Å²) in [5, 5.41) is 11.1. The Morgan fingerprint density at radius 3 is 2.33 bits per heavy atom. The molecule has 42 heavy (non-hydrogen) atoms. The number of carbonyl (C=O) groups excluding carboxylic acids is 2. The van der Waals surface area contributed by atoms with E-state index < -0.39 is 18.2 Å². The number of esters is 1. The molecule has 2 fully saturated rings. The minimum absolute atomic E-state index is 0.00566. The average Bonchev–Trinajstić information content (AvgIpc) is 2.96. The predicted octanol–water partition coefficient (Wildman–Crippen LogP) is 5.34. The first-order chi connectivity index (χ1) is 20.0. The van der Waals surface area contributed by atoms with Crippen LogP contribution < -0.4 is 0 Å². The van der Waals surface area contributed by atoms with Gasteiger partial charge in [-0.25, -0.2) is 0 Å². The fourth-order valence-corrected chi connectivity index (χ4v) is 7.29. The van der Waals surface area contributed by atoms with Gasteiger partial charge in [0.15, 0.2) is 5.78 Å². The van der Waals surface area contributed by atoms with E-state index in [0.29, 0.717) is 31.7 Å². The molecule has 0 saturated carbocycles. The number of piperidine rings is 1. The van der Waals surface area contributed by atoms with Gasteiger partial charge in [-0.2, -0.15) is 0 Å². The van der Waals surface area contributed by atoms with Gasteiger partial charge in [0.05, 0.1) is 24.9 Å². The van der Waals surface area contributed by atoms with Gasteiger partial charge in [0.2, 0.25) is 0 Å². The molecule has 0 amide bonds. The number of carbonyl (C=O) groups is 2. The number of methoxy groups -OCH3 is 2. The molecule has 11 atom stereocenters. The number of allylic oxidation sites excluding steroid dienone is 1. The molecule has 0 aromatic carbocycles. The molecular formula is C34H59NO7. The number of aliphatic hydroxyl groups is 1. The summed E-state index contributed by atoms with van der Waals surface area (Å²) in [4.78, 5) is 29.2. The van der Waals surface area contributed by atoms with Crippen LogP contribution in [0.1, 0.15) is 99.3 Å². The van der Waals surface area contributed by atoms with Gasteiger partial charge in [-0.05, 0) is 89.5 Å². The average molecular weight is 594 g/mol. The third kappa shape index (κ3) is 9.34. The number of aliphatic hydroxyl groups excluding tert-OH is 1. The zero-order valence-corrected chi connectivity index (χ0v) is 27.6. The minimum Gasteiger partial charge on any atom is -0.461 e. The first kappa shape index (κ1) is 35.2. The fourth-order valence-electron chi connectivity index (χ4n) is 7.29. The largest absolute Gasteiger partial charge is 0.461 e. The van der Waals surface area contributed by atoms with Crippen LogP contribution in [0.15, 0.2) is 11.6 Å². The van der Waals surface area contributed by atoms with Crippen molar-refractivity contribution in [3.63, 3.8) is 0 Å². The Morgan fingerprint density at radius 2 is 1.67 bits per heavy atom. The van der Waals surface area contributed by atoms with Crippen molar-refractivity contribution in [2.45, 2.75) is 142 Å². The Morgan fingerprint density at radius 1 is 0.976 bits per heavy atom. The molecule has 0 radical (unpaired) electrons. The number of fused-ring (bicyclic) bond motifs is 3. The molecule has 242 valence electrons. The Labute approximate surface area is 254 Å². The van der Waals surface area contributed by atoms with Gasteiger partial charge in [-0.15, -0.1) is 0 Å². The summed E-state index contributed by atoms with van der Waals surface area (Å²) in [6.07, 6.45) is 7.46. The van der Waals surface area contributed by atoms with Gasteiger partial charge in [-0.1, -0.05) is 45.8 Å². The minimum atomic E-state index is -0.575. The summed E-state index contributed by atoms with van der Waals surface area (Å²) < 4.78 is 24.5. The molecule has 3 rings (SSSR count). The van der Waals surface area contributed by atoms with E-state index >= 15 is 0 Å². The maximum absolute atomic E-state index is 13.8. The zero-order valence-electron chi connectivity index (χ0n) is 27.6. The van der Waals surface area contributed by atoms with Crippen LogP contribution in [-0.2, 0) is 28.5 Å². The highest BCUT2D eigenvalue weighted by Crippen LogP contribution is 2.34. The van der Waals surface area contributed by atoms with Crippen LogP contribution in [0.4, 0.5) is 0 Å². The molecule has 0 aromatic heterocycles. The van der Waals surface area contributed by atoms with Crippen molar-refractivity contribution in [1.82, 2.24) is 4.90 Å². The van der Waals surface area contributed by atoms with E-state index in [1.807, 2.05) is 11.8 Å². The van der Waals surface area contributed by atoms with Crippen LogP contribution in [0.3, 0.4) is 0 Å². The van der Waals surface area contributed by atoms with Crippen LogP contribution in [0.5, 0.6) is 0 Å². The van der Waals surface area contributed by atoms with Crippen molar-refractivity contribution in [3.8, 4) is 0 Å². The monoisotopic (exact) mass is 593 g/mol. The third-order valence-corrected chi connectivity index (χ3v) is 10.1. The number of hydrogen-bond acceptors (Lipinski definition) is 8. The van der Waals surface area contributed by atoms with E-state index in [4.69, 9.17) is 18.9 Å². The van der Waals surface area contributed by atoms with Crippen molar-refractivity contribution in [3.05, 3.63) is 11.6 Å². The first-order valence-electron chi connectivity index (χ1n) is 16.5. The third-order valence-electron chi connectivity index (χ3n) is 10.1. The number of ether oxygens (including phenoxy) is 4. The SMILES string of the molecule is CCC1C=C(C)CC(C)CC(OC)C2OC(C(=O)CN3CCCCC3C(=O)OC(C)C(C)CCC1O)C(C)CC2OC. The van der Waals surface area contributed by atoms with Crippen LogP contribution in [-0.4, -0.2) is 91.7 Å². The Balaban J connectivity index is 1.90. The fraction of sp³-hybridized carbons (Fsp3) is 0.882. The van der Waals surface area contributed by atoms with Crippen LogP contribution >= 0.6 is 0 Å². The lowest BCUT2D eigenvalue weighted by Crippen LogP contribution is -2.56. The molecule has 0 aromatic rings. The molecule has 0 spiro atoms. The molecule has 3 aliphatic rings. The second-order valence-electron chi connectivity index (χ2n) is 13.6. The zero-order chi connectivity index (χ0) is 31.0. The molecule has 2 bridgehead atoms. The molecule has 11 unspecified atom stereocenters. The summed E-state index contributed by atoms with van der Waals surface area (Å²) in [6, 6.07) is -0.427. The summed E-state index contributed by atoms with van der Waals surface area (Å²) in [7, 11) is 3.41. The van der Waals surface area contributed by atoms with Gasteiger partial charge in [0.25, 0.3) is 0 Å². The number of rotatable bonds is 3. The predicted molar refractivity (Wildman–Crippen MR) is 164 cm³/mol. The maximum atomic E-state index is 13.8. The van der Waals surface area contributed by atoms with Gasteiger partial charge in [0, 0.05) is 20.1 Å². The molecule has 3 aliphatic heterocycles. The van der Waals surface area contributed by atoms with E-state index in [0.717, 1.165) is 38.5 Å². The first-order valence-corrected chi connectivity index (χ1v) is 16.5. The van der Waals surface area contributed by atoms with Crippen molar-refractivity contribution >= 4 is 11.8 Å². The van der Waals surface area contributed by atoms with Crippen LogP contribution in [0, 0.1) is 23.7 Å². The van der Waals surface area contributed by atoms with Gasteiger partial charge >= 0.3 is 5.97 Å².